The zero-order valence-corrected chi connectivity index (χ0v) is 15.1. The van der Waals surface area contributed by atoms with Crippen LogP contribution in [0, 0.1) is 18.3 Å². The fourth-order valence-electron chi connectivity index (χ4n) is 4.12. The minimum absolute atomic E-state index is 0.0223. The molecule has 4 nitrogen and oxygen atoms in total. The molecule has 2 atom stereocenters. The van der Waals surface area contributed by atoms with Crippen molar-refractivity contribution in [1.82, 2.24) is 4.98 Å². The summed E-state index contributed by atoms with van der Waals surface area (Å²) in [6, 6.07) is 8.66. The standard InChI is InChI=1S/C19H24N2O2S/c1-13-7-18(20-17-4-3-15(24-2)8-16(13)17)21-9-14-10-23-6-5-19(14,11-21)12-22/h3-4,7-8,14,22H,5-6,9-12H2,1-2H3/t14-,19-/m1/s1. The number of pyridine rings is 1. The van der Waals surface area contributed by atoms with Crippen molar-refractivity contribution in [3.05, 3.63) is 29.8 Å². The Labute approximate surface area is 147 Å². The van der Waals surface area contributed by atoms with E-state index >= 15 is 0 Å². The molecule has 0 amide bonds. The van der Waals surface area contributed by atoms with Crippen LogP contribution in [-0.2, 0) is 4.74 Å². The molecule has 3 heterocycles. The molecule has 2 aromatic rings. The van der Waals surface area contributed by atoms with Crippen molar-refractivity contribution in [2.75, 3.05) is 44.1 Å². The number of aromatic nitrogens is 1. The molecule has 24 heavy (non-hydrogen) atoms. The largest absolute Gasteiger partial charge is 0.396 e. The van der Waals surface area contributed by atoms with Crippen LogP contribution in [0.25, 0.3) is 10.9 Å². The molecule has 0 bridgehead atoms. The lowest BCUT2D eigenvalue weighted by Crippen LogP contribution is -2.41. The highest BCUT2D eigenvalue weighted by Crippen LogP contribution is 2.43. The Bertz CT molecular complexity index is 766. The number of rotatable bonds is 3. The van der Waals surface area contributed by atoms with Crippen molar-refractivity contribution in [3.63, 3.8) is 0 Å². The fourth-order valence-corrected chi connectivity index (χ4v) is 4.56. The minimum atomic E-state index is -0.0223. The Balaban J connectivity index is 1.70. The summed E-state index contributed by atoms with van der Waals surface area (Å²) < 4.78 is 5.65. The van der Waals surface area contributed by atoms with Crippen LogP contribution < -0.4 is 4.90 Å². The van der Waals surface area contributed by atoms with Crippen LogP contribution in [0.5, 0.6) is 0 Å². The van der Waals surface area contributed by atoms with Crippen LogP contribution in [0.4, 0.5) is 5.82 Å². The van der Waals surface area contributed by atoms with Gasteiger partial charge >= 0.3 is 0 Å². The van der Waals surface area contributed by atoms with Gasteiger partial charge in [0.25, 0.3) is 0 Å². The molecule has 1 aromatic heterocycles. The highest BCUT2D eigenvalue weighted by molar-refractivity contribution is 7.98. The summed E-state index contributed by atoms with van der Waals surface area (Å²) in [5, 5.41) is 11.2. The number of benzene rings is 1. The predicted octanol–water partition coefficient (Wildman–Crippen LogP) is 3.10. The smallest absolute Gasteiger partial charge is 0.129 e. The number of hydrogen-bond donors (Lipinski definition) is 1. The Kier molecular flexibility index (Phi) is 4.19. The topological polar surface area (TPSA) is 45.6 Å². The number of ether oxygens (including phenoxy) is 1. The summed E-state index contributed by atoms with van der Waals surface area (Å²) in [6.07, 6.45) is 3.04. The Morgan fingerprint density at radius 3 is 3.04 bits per heavy atom. The highest BCUT2D eigenvalue weighted by Gasteiger charge is 2.48. The van der Waals surface area contributed by atoms with Gasteiger partial charge in [-0.25, -0.2) is 4.98 Å². The van der Waals surface area contributed by atoms with Gasteiger partial charge < -0.3 is 14.7 Å². The van der Waals surface area contributed by atoms with E-state index < -0.39 is 0 Å². The first-order valence-corrected chi connectivity index (χ1v) is 9.77. The normalized spacial score (nSPS) is 26.8. The highest BCUT2D eigenvalue weighted by atomic mass is 32.2. The number of thioether (sulfide) groups is 1. The van der Waals surface area contributed by atoms with E-state index in [4.69, 9.17) is 9.72 Å². The molecule has 2 aliphatic rings. The summed E-state index contributed by atoms with van der Waals surface area (Å²) in [7, 11) is 0. The molecule has 4 rings (SSSR count). The van der Waals surface area contributed by atoms with Crippen molar-refractivity contribution >= 4 is 28.5 Å². The SMILES string of the molecule is CSc1ccc2nc(N3C[C@@H]4COCC[C@]4(CO)C3)cc(C)c2c1. The fraction of sp³-hybridized carbons (Fsp3) is 0.526. The third kappa shape index (κ3) is 2.59. The molecule has 1 N–H and O–H groups in total. The van der Waals surface area contributed by atoms with E-state index in [0.29, 0.717) is 5.92 Å². The quantitative estimate of drug-likeness (QED) is 0.867. The second-order valence-electron chi connectivity index (χ2n) is 7.10. The zero-order valence-electron chi connectivity index (χ0n) is 14.3. The number of nitrogens with zero attached hydrogens (tertiary/aromatic N) is 2. The van der Waals surface area contributed by atoms with E-state index in [2.05, 4.69) is 42.3 Å². The molecule has 5 heteroatoms. The summed E-state index contributed by atoms with van der Waals surface area (Å²) in [4.78, 5) is 8.52. The second kappa shape index (κ2) is 6.21. The van der Waals surface area contributed by atoms with E-state index in [1.807, 2.05) is 0 Å². The van der Waals surface area contributed by atoms with Crippen molar-refractivity contribution in [3.8, 4) is 0 Å². The molecule has 2 saturated heterocycles. The van der Waals surface area contributed by atoms with Crippen molar-refractivity contribution in [1.29, 1.82) is 0 Å². The maximum Gasteiger partial charge on any atom is 0.129 e. The van der Waals surface area contributed by atoms with Gasteiger partial charge in [-0.05, 0) is 49.4 Å². The van der Waals surface area contributed by atoms with Crippen molar-refractivity contribution in [2.24, 2.45) is 11.3 Å². The Morgan fingerprint density at radius 1 is 1.42 bits per heavy atom. The minimum Gasteiger partial charge on any atom is -0.396 e. The number of aryl methyl sites for hydroxylation is 1. The zero-order chi connectivity index (χ0) is 16.7. The molecule has 0 spiro atoms. The molecule has 0 unspecified atom stereocenters. The lowest BCUT2D eigenvalue weighted by Gasteiger charge is -2.36. The van der Waals surface area contributed by atoms with Crippen LogP contribution in [0.15, 0.2) is 29.2 Å². The van der Waals surface area contributed by atoms with Crippen LogP contribution in [0.1, 0.15) is 12.0 Å². The van der Waals surface area contributed by atoms with Gasteiger partial charge in [-0.1, -0.05) is 0 Å². The van der Waals surface area contributed by atoms with Gasteiger partial charge in [-0.2, -0.15) is 0 Å². The first-order valence-electron chi connectivity index (χ1n) is 8.54. The van der Waals surface area contributed by atoms with E-state index in [1.165, 1.54) is 15.8 Å². The third-order valence-corrected chi connectivity index (χ3v) is 6.45. The van der Waals surface area contributed by atoms with Gasteiger partial charge in [-0.3, -0.25) is 0 Å². The first kappa shape index (κ1) is 16.2. The lowest BCUT2D eigenvalue weighted by molar-refractivity contribution is -0.0410. The molecule has 2 fully saturated rings. The summed E-state index contributed by atoms with van der Waals surface area (Å²) in [5.74, 6) is 1.42. The summed E-state index contributed by atoms with van der Waals surface area (Å²) in [6.45, 7) is 5.69. The maximum absolute atomic E-state index is 10.00. The van der Waals surface area contributed by atoms with Gasteiger partial charge in [0.15, 0.2) is 0 Å². The number of hydrogen-bond acceptors (Lipinski definition) is 5. The molecule has 0 aliphatic carbocycles. The maximum atomic E-state index is 10.00. The van der Waals surface area contributed by atoms with Crippen molar-refractivity contribution in [2.45, 2.75) is 18.2 Å². The number of anilines is 1. The average molecular weight is 344 g/mol. The van der Waals surface area contributed by atoms with Crippen LogP contribution in [0.2, 0.25) is 0 Å². The number of aliphatic hydroxyl groups excluding tert-OH is 1. The van der Waals surface area contributed by atoms with Crippen LogP contribution in [-0.4, -0.2) is 49.3 Å². The van der Waals surface area contributed by atoms with E-state index in [1.54, 1.807) is 11.8 Å². The molecule has 1 aromatic carbocycles. The van der Waals surface area contributed by atoms with Crippen molar-refractivity contribution < 1.29 is 9.84 Å². The van der Waals surface area contributed by atoms with E-state index in [0.717, 1.165) is 44.1 Å². The molecule has 128 valence electrons. The molecule has 2 aliphatic heterocycles. The Hall–Kier alpha value is -1.30. The molecular formula is C19H24N2O2S. The second-order valence-corrected chi connectivity index (χ2v) is 7.98. The summed E-state index contributed by atoms with van der Waals surface area (Å²) >= 11 is 1.76. The summed E-state index contributed by atoms with van der Waals surface area (Å²) in [5.41, 5.74) is 2.29. The third-order valence-electron chi connectivity index (χ3n) is 5.72. The van der Waals surface area contributed by atoms with Crippen LogP contribution >= 0.6 is 11.8 Å². The van der Waals surface area contributed by atoms with Crippen LogP contribution in [0.3, 0.4) is 0 Å². The molecule has 0 radical (unpaired) electrons. The number of aliphatic hydroxyl groups is 1. The van der Waals surface area contributed by atoms with Gasteiger partial charge in [0.1, 0.15) is 5.82 Å². The van der Waals surface area contributed by atoms with Gasteiger partial charge in [0.2, 0.25) is 0 Å². The number of fused-ring (bicyclic) bond motifs is 2. The lowest BCUT2D eigenvalue weighted by atomic mass is 9.75. The van der Waals surface area contributed by atoms with Gasteiger partial charge in [-0.15, -0.1) is 11.8 Å². The van der Waals surface area contributed by atoms with E-state index in [9.17, 15) is 5.11 Å². The van der Waals surface area contributed by atoms with Gasteiger partial charge in [0, 0.05) is 41.3 Å². The van der Waals surface area contributed by atoms with E-state index in [-0.39, 0.29) is 12.0 Å². The molecular weight excluding hydrogens is 320 g/mol. The Morgan fingerprint density at radius 2 is 2.29 bits per heavy atom. The monoisotopic (exact) mass is 344 g/mol. The predicted molar refractivity (Wildman–Crippen MR) is 98.9 cm³/mol. The average Bonchev–Trinajstić information content (AvgIpc) is 3.01. The van der Waals surface area contributed by atoms with Gasteiger partial charge in [0.05, 0.1) is 18.7 Å². The first-order chi connectivity index (χ1) is 11.6. The molecule has 0 saturated carbocycles.